The Bertz CT molecular complexity index is 3190. The van der Waals surface area contributed by atoms with E-state index in [1.54, 1.807) is 0 Å². The van der Waals surface area contributed by atoms with Gasteiger partial charge in [0.25, 0.3) is 0 Å². The van der Waals surface area contributed by atoms with E-state index in [1.807, 2.05) is 0 Å². The van der Waals surface area contributed by atoms with E-state index in [9.17, 15) is 0 Å². The van der Waals surface area contributed by atoms with E-state index in [4.69, 9.17) is 0 Å². The first-order chi connectivity index (χ1) is 31.7. The summed E-state index contributed by atoms with van der Waals surface area (Å²) in [4.78, 5) is 2.49. The first-order valence-corrected chi connectivity index (χ1v) is 24.5. The van der Waals surface area contributed by atoms with Crippen molar-refractivity contribution in [3.8, 4) is 55.6 Å². The molecule has 0 N–H and O–H groups in total. The topological polar surface area (TPSA) is 3.24 Å². The zero-order valence-corrected chi connectivity index (χ0v) is 42.0. The molecule has 3 aliphatic rings. The van der Waals surface area contributed by atoms with E-state index in [2.05, 4.69) is 253 Å². The van der Waals surface area contributed by atoms with Gasteiger partial charge in [-0.3, -0.25) is 0 Å². The lowest BCUT2D eigenvalue weighted by Crippen LogP contribution is -2.18. The Morgan fingerprint density at radius 2 is 0.701 bits per heavy atom. The molecule has 11 rings (SSSR count). The summed E-state index contributed by atoms with van der Waals surface area (Å²) >= 11 is 0. The van der Waals surface area contributed by atoms with Crippen molar-refractivity contribution in [2.75, 3.05) is 4.90 Å². The van der Waals surface area contributed by atoms with E-state index < -0.39 is 0 Å². The summed E-state index contributed by atoms with van der Waals surface area (Å²) < 4.78 is 0. The van der Waals surface area contributed by atoms with E-state index in [1.165, 1.54) is 106 Å². The van der Waals surface area contributed by atoms with Crippen LogP contribution in [0, 0.1) is 6.92 Å². The number of benzene rings is 8. The lowest BCUT2D eigenvalue weighted by atomic mass is 9.78. The molecule has 0 radical (unpaired) electrons. The Hall–Kier alpha value is -6.44. The fourth-order valence-corrected chi connectivity index (χ4v) is 12.0. The van der Waals surface area contributed by atoms with Gasteiger partial charge in [-0.15, -0.1) is 0 Å². The third-order valence-corrected chi connectivity index (χ3v) is 16.2. The summed E-state index contributed by atoms with van der Waals surface area (Å²) in [6, 6.07) is 61.0. The molecule has 0 atom stereocenters. The van der Waals surface area contributed by atoms with Gasteiger partial charge in [0.1, 0.15) is 0 Å². The maximum absolute atomic E-state index is 2.51. The first kappa shape index (κ1) is 43.1. The molecule has 0 aromatic heterocycles. The van der Waals surface area contributed by atoms with E-state index in [-0.39, 0.29) is 27.1 Å². The quantitative estimate of drug-likeness (QED) is 0.167. The Morgan fingerprint density at radius 3 is 1.19 bits per heavy atom. The highest BCUT2D eigenvalue weighted by Crippen LogP contribution is 2.55. The Labute approximate surface area is 400 Å². The molecule has 0 fully saturated rings. The fourth-order valence-electron chi connectivity index (χ4n) is 12.0. The van der Waals surface area contributed by atoms with Crippen molar-refractivity contribution in [2.24, 2.45) is 0 Å². The van der Waals surface area contributed by atoms with E-state index in [0.717, 1.165) is 17.1 Å². The molecule has 3 aliphatic carbocycles. The third kappa shape index (κ3) is 6.55. The lowest BCUT2D eigenvalue weighted by molar-refractivity contribution is 0.584. The highest BCUT2D eigenvalue weighted by atomic mass is 15.1. The summed E-state index contributed by atoms with van der Waals surface area (Å²) in [5.74, 6) is 0. The molecule has 0 amide bonds. The number of para-hydroxylation sites is 1. The van der Waals surface area contributed by atoms with Crippen LogP contribution in [0.2, 0.25) is 0 Å². The predicted octanol–water partition coefficient (Wildman–Crippen LogP) is 18.3. The SMILES string of the molecule is Cc1c(-c2ccc3c(c2)C(C)(C)c2cc(C(C)(C)C)ccc2-3)cc(N(c2ccccc2)c2ccc3c(c2)C(C)(C)c2ccccc2-3)cc1-c1ccc2c(c1)C(C)(C)c1cc(C(C)(C)C)ccc1-2. The fraction of sp³-hybridized carbons (Fsp3) is 0.273. The van der Waals surface area contributed by atoms with Crippen molar-refractivity contribution in [3.05, 3.63) is 208 Å². The first-order valence-electron chi connectivity index (χ1n) is 24.5. The Kier molecular flexibility index (Phi) is 9.36. The zero-order valence-electron chi connectivity index (χ0n) is 42.0. The summed E-state index contributed by atoms with van der Waals surface area (Å²) in [7, 11) is 0. The van der Waals surface area contributed by atoms with Crippen LogP contribution in [-0.2, 0) is 27.1 Å². The van der Waals surface area contributed by atoms with Crippen LogP contribution < -0.4 is 4.90 Å². The molecule has 0 spiro atoms. The Morgan fingerprint density at radius 1 is 0.313 bits per heavy atom. The number of rotatable bonds is 5. The maximum Gasteiger partial charge on any atom is 0.0474 e. The molecule has 1 nitrogen and oxygen atoms in total. The molecule has 0 saturated heterocycles. The van der Waals surface area contributed by atoms with Crippen LogP contribution in [0.15, 0.2) is 158 Å². The minimum Gasteiger partial charge on any atom is -0.310 e. The molecule has 334 valence electrons. The third-order valence-electron chi connectivity index (χ3n) is 16.2. The number of hydrogen-bond donors (Lipinski definition) is 0. The second kappa shape index (κ2) is 14.5. The number of anilines is 3. The predicted molar refractivity (Wildman–Crippen MR) is 287 cm³/mol. The molecule has 8 aromatic carbocycles. The van der Waals surface area contributed by atoms with E-state index >= 15 is 0 Å². The van der Waals surface area contributed by atoms with Crippen LogP contribution >= 0.6 is 0 Å². The van der Waals surface area contributed by atoms with Crippen molar-refractivity contribution < 1.29 is 0 Å². The van der Waals surface area contributed by atoms with Gasteiger partial charge in [0.05, 0.1) is 0 Å². The van der Waals surface area contributed by atoms with Crippen molar-refractivity contribution in [1.29, 1.82) is 0 Å². The standard InChI is InChI=1S/C66H65N/c1-40-54(41-23-28-49-51-30-25-43(62(2,3)4)35-59(51)65(10,11)57(49)33-41)37-47(38-55(40)42-24-29-50-52-31-26-44(63(5,6)7)36-60(52)66(12,13)58(50)34-42)67(45-19-15-14-16-20-45)46-27-32-53-48-21-17-18-22-56(48)64(8,9)61(53)39-46/h14-39H,1-13H3. The monoisotopic (exact) mass is 872 g/mol. The normalized spacial score (nSPS) is 15.6. The summed E-state index contributed by atoms with van der Waals surface area (Å²) in [6.07, 6.45) is 0. The second-order valence-corrected chi connectivity index (χ2v) is 23.5. The van der Waals surface area contributed by atoms with Crippen LogP contribution in [-0.4, -0.2) is 0 Å². The van der Waals surface area contributed by atoms with Gasteiger partial charge in [-0.05, 0) is 172 Å². The number of fused-ring (bicyclic) bond motifs is 9. The van der Waals surface area contributed by atoms with Gasteiger partial charge in [0.2, 0.25) is 0 Å². The zero-order chi connectivity index (χ0) is 47.2. The molecule has 0 bridgehead atoms. The minimum atomic E-state index is -0.144. The van der Waals surface area contributed by atoms with Gasteiger partial charge in [-0.1, -0.05) is 192 Å². The van der Waals surface area contributed by atoms with Gasteiger partial charge in [0.15, 0.2) is 0 Å². The molecule has 0 aliphatic heterocycles. The Balaban J connectivity index is 1.13. The molecule has 0 unspecified atom stereocenters. The average Bonchev–Trinajstić information content (AvgIpc) is 3.77. The summed E-state index contributed by atoms with van der Waals surface area (Å²) in [5, 5.41) is 0. The summed E-state index contributed by atoms with van der Waals surface area (Å²) in [5.41, 5.74) is 28.7. The average molecular weight is 872 g/mol. The van der Waals surface area contributed by atoms with Crippen LogP contribution in [0.4, 0.5) is 17.1 Å². The number of nitrogens with zero attached hydrogens (tertiary/aromatic N) is 1. The van der Waals surface area contributed by atoms with Crippen molar-refractivity contribution >= 4 is 17.1 Å². The highest BCUT2D eigenvalue weighted by molar-refractivity contribution is 5.93. The molecule has 0 heterocycles. The molecule has 67 heavy (non-hydrogen) atoms. The van der Waals surface area contributed by atoms with Gasteiger partial charge in [-0.25, -0.2) is 0 Å². The molecular formula is C66H65N. The van der Waals surface area contributed by atoms with Crippen LogP contribution in [0.3, 0.4) is 0 Å². The van der Waals surface area contributed by atoms with Crippen molar-refractivity contribution in [1.82, 2.24) is 0 Å². The lowest BCUT2D eigenvalue weighted by Gasteiger charge is -2.30. The minimum absolute atomic E-state index is 0.0765. The molecule has 0 saturated carbocycles. The largest absolute Gasteiger partial charge is 0.310 e. The van der Waals surface area contributed by atoms with Gasteiger partial charge in [0, 0.05) is 33.3 Å². The number of hydrogen-bond acceptors (Lipinski definition) is 1. The van der Waals surface area contributed by atoms with Crippen LogP contribution in [0.25, 0.3) is 55.6 Å². The van der Waals surface area contributed by atoms with Gasteiger partial charge >= 0.3 is 0 Å². The molecular weight excluding hydrogens is 807 g/mol. The molecule has 1 heteroatoms. The second-order valence-electron chi connectivity index (χ2n) is 23.5. The maximum atomic E-state index is 2.51. The summed E-state index contributed by atoms with van der Waals surface area (Å²) in [6.45, 7) is 30.7. The van der Waals surface area contributed by atoms with Crippen LogP contribution in [0.1, 0.15) is 133 Å². The van der Waals surface area contributed by atoms with E-state index in [0.29, 0.717) is 0 Å². The smallest absolute Gasteiger partial charge is 0.0474 e. The van der Waals surface area contributed by atoms with Crippen molar-refractivity contribution in [3.63, 3.8) is 0 Å². The molecule has 8 aromatic rings. The van der Waals surface area contributed by atoms with Gasteiger partial charge in [-0.2, -0.15) is 0 Å². The van der Waals surface area contributed by atoms with Crippen LogP contribution in [0.5, 0.6) is 0 Å². The van der Waals surface area contributed by atoms with Crippen molar-refractivity contribution in [2.45, 2.75) is 117 Å². The highest BCUT2D eigenvalue weighted by Gasteiger charge is 2.39. The van der Waals surface area contributed by atoms with Gasteiger partial charge < -0.3 is 4.90 Å².